The normalized spacial score (nSPS) is 21.7. The Kier molecular flexibility index (Phi) is 5.41. The average molecular weight is 261 g/mol. The second-order valence-corrected chi connectivity index (χ2v) is 5.59. The van der Waals surface area contributed by atoms with Crippen molar-refractivity contribution in [2.24, 2.45) is 5.92 Å². The molecule has 1 aromatic carbocycles. The van der Waals surface area contributed by atoms with Crippen LogP contribution in [-0.4, -0.2) is 19.2 Å². The van der Waals surface area contributed by atoms with Gasteiger partial charge in [-0.1, -0.05) is 51.5 Å². The van der Waals surface area contributed by atoms with Crippen molar-refractivity contribution in [1.82, 2.24) is 5.32 Å². The molecule has 1 aliphatic rings. The number of nitrogens with one attached hydrogen (secondary N) is 1. The molecule has 0 saturated heterocycles. The monoisotopic (exact) mass is 261 g/mol. The van der Waals surface area contributed by atoms with Crippen molar-refractivity contribution in [3.8, 4) is 0 Å². The lowest BCUT2D eigenvalue weighted by atomic mass is 9.85. The van der Waals surface area contributed by atoms with Crippen LogP contribution in [0.2, 0.25) is 0 Å². The molecular weight excluding hydrogens is 234 g/mol. The predicted octanol–water partition coefficient (Wildman–Crippen LogP) is 3.71. The van der Waals surface area contributed by atoms with Crippen LogP contribution >= 0.6 is 0 Å². The van der Waals surface area contributed by atoms with Crippen LogP contribution in [0.4, 0.5) is 0 Å². The molecule has 0 bridgehead atoms. The van der Waals surface area contributed by atoms with Crippen LogP contribution in [0.25, 0.3) is 0 Å². The van der Waals surface area contributed by atoms with Gasteiger partial charge in [0.1, 0.15) is 0 Å². The lowest BCUT2D eigenvalue weighted by Crippen LogP contribution is -2.42. The molecule has 2 heteroatoms. The van der Waals surface area contributed by atoms with E-state index in [1.165, 1.54) is 24.0 Å². The predicted molar refractivity (Wildman–Crippen MR) is 80.4 cm³/mol. The Hall–Kier alpha value is -0.860. The van der Waals surface area contributed by atoms with Crippen molar-refractivity contribution in [2.75, 3.05) is 13.2 Å². The lowest BCUT2D eigenvalue weighted by Gasteiger charge is -2.36. The SMILES string of the molecule is CCCC(C)C(NCC)C1OCCc2ccccc21. The number of benzene rings is 1. The molecule has 0 saturated carbocycles. The Morgan fingerprint density at radius 3 is 2.84 bits per heavy atom. The molecular formula is C17H27NO. The molecule has 3 atom stereocenters. The minimum Gasteiger partial charge on any atom is -0.372 e. The van der Waals surface area contributed by atoms with Crippen molar-refractivity contribution in [2.45, 2.75) is 52.2 Å². The number of hydrogen-bond donors (Lipinski definition) is 1. The van der Waals surface area contributed by atoms with E-state index >= 15 is 0 Å². The van der Waals surface area contributed by atoms with Crippen molar-refractivity contribution in [3.63, 3.8) is 0 Å². The number of ether oxygens (including phenoxy) is 1. The molecule has 3 unspecified atom stereocenters. The molecule has 0 radical (unpaired) electrons. The molecule has 106 valence electrons. The summed E-state index contributed by atoms with van der Waals surface area (Å²) >= 11 is 0. The largest absolute Gasteiger partial charge is 0.372 e. The Morgan fingerprint density at radius 1 is 1.32 bits per heavy atom. The lowest BCUT2D eigenvalue weighted by molar-refractivity contribution is 0.00104. The summed E-state index contributed by atoms with van der Waals surface area (Å²) in [4.78, 5) is 0. The van der Waals surface area contributed by atoms with Crippen molar-refractivity contribution in [1.29, 1.82) is 0 Å². The van der Waals surface area contributed by atoms with E-state index in [-0.39, 0.29) is 6.10 Å². The molecule has 0 aliphatic carbocycles. The highest BCUT2D eigenvalue weighted by molar-refractivity contribution is 5.32. The van der Waals surface area contributed by atoms with E-state index in [1.807, 2.05) is 0 Å². The summed E-state index contributed by atoms with van der Waals surface area (Å²) in [5.74, 6) is 0.640. The Bertz CT molecular complexity index is 391. The van der Waals surface area contributed by atoms with Crippen LogP contribution < -0.4 is 5.32 Å². The van der Waals surface area contributed by atoms with Gasteiger partial charge in [0.2, 0.25) is 0 Å². The highest BCUT2D eigenvalue weighted by Crippen LogP contribution is 2.33. The summed E-state index contributed by atoms with van der Waals surface area (Å²) in [5, 5.41) is 3.65. The van der Waals surface area contributed by atoms with Crippen molar-refractivity contribution < 1.29 is 4.74 Å². The summed E-state index contributed by atoms with van der Waals surface area (Å²) in [7, 11) is 0. The average Bonchev–Trinajstić information content (AvgIpc) is 2.44. The van der Waals surface area contributed by atoms with E-state index in [2.05, 4.69) is 50.4 Å². The van der Waals surface area contributed by atoms with Gasteiger partial charge in [0.05, 0.1) is 12.7 Å². The van der Waals surface area contributed by atoms with Gasteiger partial charge in [0.15, 0.2) is 0 Å². The van der Waals surface area contributed by atoms with Crippen molar-refractivity contribution in [3.05, 3.63) is 35.4 Å². The summed E-state index contributed by atoms with van der Waals surface area (Å²) in [5.41, 5.74) is 2.85. The highest BCUT2D eigenvalue weighted by atomic mass is 16.5. The van der Waals surface area contributed by atoms with Gasteiger partial charge in [0.25, 0.3) is 0 Å². The number of rotatable bonds is 6. The van der Waals surface area contributed by atoms with Gasteiger partial charge in [0, 0.05) is 6.04 Å². The Morgan fingerprint density at radius 2 is 2.11 bits per heavy atom. The zero-order valence-corrected chi connectivity index (χ0v) is 12.5. The molecule has 1 N–H and O–H groups in total. The van der Waals surface area contributed by atoms with Gasteiger partial charge in [-0.3, -0.25) is 0 Å². The first-order chi connectivity index (χ1) is 9.27. The molecule has 1 aromatic rings. The smallest absolute Gasteiger partial charge is 0.0983 e. The first-order valence-corrected chi connectivity index (χ1v) is 7.70. The zero-order chi connectivity index (χ0) is 13.7. The van der Waals surface area contributed by atoms with Gasteiger partial charge in [-0.15, -0.1) is 0 Å². The Labute approximate surface area is 117 Å². The highest BCUT2D eigenvalue weighted by Gasteiger charge is 2.31. The molecule has 0 amide bonds. The summed E-state index contributed by atoms with van der Waals surface area (Å²) in [6.07, 6.45) is 3.75. The third-order valence-corrected chi connectivity index (χ3v) is 4.15. The van der Waals surface area contributed by atoms with E-state index < -0.39 is 0 Å². The summed E-state index contributed by atoms with van der Waals surface area (Å²) in [6, 6.07) is 9.18. The van der Waals surface area contributed by atoms with Crippen LogP contribution in [-0.2, 0) is 11.2 Å². The molecule has 0 fully saturated rings. The van der Waals surface area contributed by atoms with Gasteiger partial charge in [-0.05, 0) is 36.4 Å². The fourth-order valence-electron chi connectivity index (χ4n) is 3.20. The third kappa shape index (κ3) is 3.37. The van der Waals surface area contributed by atoms with Crippen LogP contribution in [0, 0.1) is 5.92 Å². The third-order valence-electron chi connectivity index (χ3n) is 4.15. The van der Waals surface area contributed by atoms with Crippen LogP contribution in [0.1, 0.15) is 50.8 Å². The van der Waals surface area contributed by atoms with Crippen LogP contribution in [0.15, 0.2) is 24.3 Å². The van der Waals surface area contributed by atoms with Crippen LogP contribution in [0.5, 0.6) is 0 Å². The molecule has 1 heterocycles. The van der Waals surface area contributed by atoms with Crippen LogP contribution in [0.3, 0.4) is 0 Å². The van der Waals surface area contributed by atoms with Gasteiger partial charge in [-0.25, -0.2) is 0 Å². The topological polar surface area (TPSA) is 21.3 Å². The molecule has 19 heavy (non-hydrogen) atoms. The van der Waals surface area contributed by atoms with E-state index in [9.17, 15) is 0 Å². The molecule has 2 rings (SSSR count). The minimum atomic E-state index is 0.214. The number of fused-ring (bicyclic) bond motifs is 1. The fraction of sp³-hybridized carbons (Fsp3) is 0.647. The summed E-state index contributed by atoms with van der Waals surface area (Å²) in [6.45, 7) is 8.64. The summed E-state index contributed by atoms with van der Waals surface area (Å²) < 4.78 is 6.12. The maximum atomic E-state index is 6.12. The van der Waals surface area contributed by atoms with Gasteiger partial charge < -0.3 is 10.1 Å². The Balaban J connectivity index is 2.22. The maximum Gasteiger partial charge on any atom is 0.0983 e. The molecule has 0 spiro atoms. The number of likely N-dealkylation sites (N-methyl/N-ethyl adjacent to an activating group) is 1. The minimum absolute atomic E-state index is 0.214. The molecule has 1 aliphatic heterocycles. The molecule has 2 nitrogen and oxygen atoms in total. The zero-order valence-electron chi connectivity index (χ0n) is 12.5. The van der Waals surface area contributed by atoms with Crippen molar-refractivity contribution >= 4 is 0 Å². The van der Waals surface area contributed by atoms with Gasteiger partial charge >= 0.3 is 0 Å². The first-order valence-electron chi connectivity index (χ1n) is 7.70. The van der Waals surface area contributed by atoms with E-state index in [4.69, 9.17) is 4.74 Å². The fourth-order valence-corrected chi connectivity index (χ4v) is 3.20. The standard InChI is InChI=1S/C17H27NO/c1-4-8-13(3)16(18-5-2)17-15-10-7-6-9-14(15)11-12-19-17/h6-7,9-10,13,16-18H,4-5,8,11-12H2,1-3H3. The first kappa shape index (κ1) is 14.5. The van der Waals surface area contributed by atoms with E-state index in [1.54, 1.807) is 0 Å². The quantitative estimate of drug-likeness (QED) is 0.843. The number of hydrogen-bond acceptors (Lipinski definition) is 2. The van der Waals surface area contributed by atoms with Gasteiger partial charge in [-0.2, -0.15) is 0 Å². The van der Waals surface area contributed by atoms with E-state index in [0.29, 0.717) is 12.0 Å². The second kappa shape index (κ2) is 7.06. The second-order valence-electron chi connectivity index (χ2n) is 5.59. The maximum absolute atomic E-state index is 6.12. The van der Waals surface area contributed by atoms with E-state index in [0.717, 1.165) is 19.6 Å². The molecule has 0 aromatic heterocycles.